The van der Waals surface area contributed by atoms with Crippen LogP contribution in [0.15, 0.2) is 17.5 Å². The van der Waals surface area contributed by atoms with E-state index in [1.54, 1.807) is 11.3 Å². The lowest BCUT2D eigenvalue weighted by molar-refractivity contribution is 0.429. The molecule has 0 aliphatic rings. The minimum atomic E-state index is 0.152. The van der Waals surface area contributed by atoms with Gasteiger partial charge in [-0.05, 0) is 64.6 Å². The van der Waals surface area contributed by atoms with Crippen molar-refractivity contribution in [3.05, 3.63) is 34.5 Å². The molecule has 2 aromatic heterocycles. The van der Waals surface area contributed by atoms with Crippen LogP contribution in [0, 0.1) is 13.8 Å². The van der Waals surface area contributed by atoms with Crippen LogP contribution >= 0.6 is 11.3 Å². The van der Waals surface area contributed by atoms with Crippen molar-refractivity contribution in [3.63, 3.8) is 0 Å². The summed E-state index contributed by atoms with van der Waals surface area (Å²) in [5, 5.41) is 5.57. The van der Waals surface area contributed by atoms with Gasteiger partial charge < -0.3 is 5.32 Å². The van der Waals surface area contributed by atoms with Gasteiger partial charge in [0.05, 0.1) is 4.88 Å². The van der Waals surface area contributed by atoms with E-state index in [9.17, 15) is 0 Å². The van der Waals surface area contributed by atoms with Crippen molar-refractivity contribution in [2.75, 3.05) is 6.54 Å². The summed E-state index contributed by atoms with van der Waals surface area (Å²) in [7, 11) is 0. The Morgan fingerprint density at radius 2 is 1.80 bits per heavy atom. The second-order valence-electron chi connectivity index (χ2n) is 6.10. The van der Waals surface area contributed by atoms with E-state index in [-0.39, 0.29) is 5.54 Å². The molecule has 0 atom stereocenters. The van der Waals surface area contributed by atoms with E-state index < -0.39 is 0 Å². The maximum absolute atomic E-state index is 4.66. The van der Waals surface area contributed by atoms with Crippen molar-refractivity contribution in [2.45, 2.75) is 46.6 Å². The molecule has 2 heterocycles. The highest BCUT2D eigenvalue weighted by Gasteiger charge is 2.12. The van der Waals surface area contributed by atoms with Crippen molar-refractivity contribution in [1.29, 1.82) is 0 Å². The fourth-order valence-corrected chi connectivity index (χ4v) is 2.84. The smallest absolute Gasteiger partial charge is 0.169 e. The molecule has 0 spiro atoms. The molecule has 0 aromatic carbocycles. The lowest BCUT2D eigenvalue weighted by Crippen LogP contribution is -2.37. The van der Waals surface area contributed by atoms with Crippen LogP contribution in [0.5, 0.6) is 0 Å². The topological polar surface area (TPSA) is 37.8 Å². The highest BCUT2D eigenvalue weighted by atomic mass is 32.1. The van der Waals surface area contributed by atoms with Gasteiger partial charge in [0.2, 0.25) is 0 Å². The van der Waals surface area contributed by atoms with Crippen LogP contribution in [0.4, 0.5) is 0 Å². The Labute approximate surface area is 125 Å². The Balaban J connectivity index is 2.15. The third-order valence-corrected chi connectivity index (χ3v) is 4.06. The Morgan fingerprint density at radius 1 is 1.15 bits per heavy atom. The summed E-state index contributed by atoms with van der Waals surface area (Å²) in [6.07, 6.45) is 0.972. The lowest BCUT2D eigenvalue weighted by atomic mass is 10.1. The Morgan fingerprint density at radius 3 is 2.30 bits per heavy atom. The zero-order valence-electron chi connectivity index (χ0n) is 12.9. The summed E-state index contributed by atoms with van der Waals surface area (Å²) in [6.45, 7) is 11.7. The van der Waals surface area contributed by atoms with E-state index in [4.69, 9.17) is 0 Å². The first-order valence-corrected chi connectivity index (χ1v) is 7.88. The van der Waals surface area contributed by atoms with E-state index in [1.807, 2.05) is 6.07 Å². The van der Waals surface area contributed by atoms with Crippen molar-refractivity contribution < 1.29 is 0 Å². The van der Waals surface area contributed by atoms with Crippen molar-refractivity contribution in [1.82, 2.24) is 15.3 Å². The molecule has 0 saturated heterocycles. The standard InChI is InChI=1S/C16H23N3S/c1-11-13(8-9-17-16(3,4)5)12(2)19-15(18-11)14-7-6-10-20-14/h6-7,10,17H,8-9H2,1-5H3. The Hall–Kier alpha value is -1.26. The quantitative estimate of drug-likeness (QED) is 0.931. The number of aromatic nitrogens is 2. The van der Waals surface area contributed by atoms with Gasteiger partial charge in [-0.15, -0.1) is 11.3 Å². The number of nitrogens with zero attached hydrogens (tertiary/aromatic N) is 2. The van der Waals surface area contributed by atoms with E-state index in [1.165, 1.54) is 5.56 Å². The first kappa shape index (κ1) is 15.1. The second kappa shape index (κ2) is 6.02. The number of hydrogen-bond donors (Lipinski definition) is 1. The van der Waals surface area contributed by atoms with Gasteiger partial charge in [0.25, 0.3) is 0 Å². The van der Waals surface area contributed by atoms with E-state index in [0.29, 0.717) is 0 Å². The summed E-state index contributed by atoms with van der Waals surface area (Å²) < 4.78 is 0. The first-order chi connectivity index (χ1) is 9.37. The van der Waals surface area contributed by atoms with E-state index >= 15 is 0 Å². The van der Waals surface area contributed by atoms with Crippen LogP contribution < -0.4 is 5.32 Å². The van der Waals surface area contributed by atoms with Crippen LogP contribution in [0.3, 0.4) is 0 Å². The SMILES string of the molecule is Cc1nc(-c2cccs2)nc(C)c1CCNC(C)(C)C. The number of nitrogens with one attached hydrogen (secondary N) is 1. The zero-order chi connectivity index (χ0) is 14.8. The summed E-state index contributed by atoms with van der Waals surface area (Å²) in [6, 6.07) is 4.11. The normalized spacial score (nSPS) is 11.8. The van der Waals surface area contributed by atoms with Gasteiger partial charge in [0, 0.05) is 16.9 Å². The summed E-state index contributed by atoms with van der Waals surface area (Å²) in [4.78, 5) is 10.5. The van der Waals surface area contributed by atoms with Crippen LogP contribution in [-0.4, -0.2) is 22.1 Å². The van der Waals surface area contributed by atoms with E-state index in [0.717, 1.165) is 35.1 Å². The Kier molecular flexibility index (Phi) is 4.55. The molecule has 3 nitrogen and oxygen atoms in total. The molecule has 0 saturated carbocycles. The number of thiophene rings is 1. The van der Waals surface area contributed by atoms with Crippen LogP contribution in [0.25, 0.3) is 10.7 Å². The maximum Gasteiger partial charge on any atom is 0.169 e. The van der Waals surface area contributed by atoms with Crippen molar-refractivity contribution in [2.24, 2.45) is 0 Å². The van der Waals surface area contributed by atoms with Crippen LogP contribution in [0.2, 0.25) is 0 Å². The maximum atomic E-state index is 4.66. The molecule has 1 N–H and O–H groups in total. The largest absolute Gasteiger partial charge is 0.312 e. The summed E-state index contributed by atoms with van der Waals surface area (Å²) >= 11 is 1.68. The average molecular weight is 289 g/mol. The molecule has 0 aliphatic carbocycles. The number of hydrogen-bond acceptors (Lipinski definition) is 4. The molecule has 108 valence electrons. The van der Waals surface area contributed by atoms with Gasteiger partial charge >= 0.3 is 0 Å². The fraction of sp³-hybridized carbons (Fsp3) is 0.500. The lowest BCUT2D eigenvalue weighted by Gasteiger charge is -2.21. The van der Waals surface area contributed by atoms with Gasteiger partial charge in [0.1, 0.15) is 0 Å². The molecule has 4 heteroatoms. The predicted octanol–water partition coefficient (Wildman–Crippen LogP) is 3.75. The molecule has 0 amide bonds. The average Bonchev–Trinajstić information content (AvgIpc) is 2.84. The Bertz CT molecular complexity index is 545. The van der Waals surface area contributed by atoms with Gasteiger partial charge in [-0.2, -0.15) is 0 Å². The first-order valence-electron chi connectivity index (χ1n) is 7.00. The molecule has 0 aliphatic heterocycles. The monoisotopic (exact) mass is 289 g/mol. The van der Waals surface area contributed by atoms with Gasteiger partial charge in [-0.3, -0.25) is 0 Å². The van der Waals surface area contributed by atoms with Crippen molar-refractivity contribution in [3.8, 4) is 10.7 Å². The summed E-state index contributed by atoms with van der Waals surface area (Å²) in [5.41, 5.74) is 3.61. The molecule has 2 rings (SSSR count). The molecule has 0 radical (unpaired) electrons. The predicted molar refractivity (Wildman–Crippen MR) is 86.3 cm³/mol. The highest BCUT2D eigenvalue weighted by Crippen LogP contribution is 2.23. The number of rotatable bonds is 4. The van der Waals surface area contributed by atoms with Gasteiger partial charge in [-0.25, -0.2) is 9.97 Å². The third kappa shape index (κ3) is 3.87. The molecular weight excluding hydrogens is 266 g/mol. The molecule has 0 unspecified atom stereocenters. The molecular formula is C16H23N3S. The van der Waals surface area contributed by atoms with E-state index in [2.05, 4.69) is 61.3 Å². The fourth-order valence-electron chi connectivity index (χ4n) is 2.18. The minimum absolute atomic E-state index is 0.152. The van der Waals surface area contributed by atoms with Gasteiger partial charge in [0.15, 0.2) is 5.82 Å². The third-order valence-electron chi connectivity index (χ3n) is 3.19. The number of aryl methyl sites for hydroxylation is 2. The highest BCUT2D eigenvalue weighted by molar-refractivity contribution is 7.13. The minimum Gasteiger partial charge on any atom is -0.312 e. The zero-order valence-corrected chi connectivity index (χ0v) is 13.8. The van der Waals surface area contributed by atoms with Crippen LogP contribution in [-0.2, 0) is 6.42 Å². The van der Waals surface area contributed by atoms with Crippen molar-refractivity contribution >= 4 is 11.3 Å². The molecule has 2 aromatic rings. The summed E-state index contributed by atoms with van der Waals surface area (Å²) in [5.74, 6) is 0.850. The molecule has 0 fully saturated rings. The molecule has 20 heavy (non-hydrogen) atoms. The van der Waals surface area contributed by atoms with Crippen LogP contribution in [0.1, 0.15) is 37.7 Å². The van der Waals surface area contributed by atoms with Gasteiger partial charge in [-0.1, -0.05) is 6.07 Å². The second-order valence-corrected chi connectivity index (χ2v) is 7.05. The molecule has 0 bridgehead atoms.